The molecule has 0 atom stereocenters. The summed E-state index contributed by atoms with van der Waals surface area (Å²) in [6.07, 6.45) is 3.63. The molecule has 3 aromatic heterocycles. The van der Waals surface area contributed by atoms with Gasteiger partial charge in [0.15, 0.2) is 5.16 Å². The Kier molecular flexibility index (Phi) is 4.72. The number of aromatic nitrogens is 4. The third kappa shape index (κ3) is 3.09. The molecule has 24 heavy (non-hydrogen) atoms. The van der Waals surface area contributed by atoms with Crippen molar-refractivity contribution >= 4 is 45.1 Å². The molecule has 7 nitrogen and oxygen atoms in total. The Bertz CT molecular complexity index is 903. The van der Waals surface area contributed by atoms with E-state index in [1.54, 1.807) is 13.1 Å². The van der Waals surface area contributed by atoms with Gasteiger partial charge in [-0.2, -0.15) is 0 Å². The van der Waals surface area contributed by atoms with Crippen LogP contribution in [0.2, 0.25) is 0 Å². The molecule has 2 N–H and O–H groups in total. The van der Waals surface area contributed by atoms with E-state index in [4.69, 9.17) is 10.5 Å². The number of fused-ring (bicyclic) bond motifs is 1. The molecule has 0 fully saturated rings. The number of imidazole rings is 1. The molecule has 0 radical (unpaired) electrons. The van der Waals surface area contributed by atoms with Crippen LogP contribution in [-0.2, 0) is 17.5 Å². The number of nitrogen functional groups attached to an aromatic ring is 1. The quantitative estimate of drug-likeness (QED) is 0.550. The Labute approximate surface area is 147 Å². The molecule has 3 aromatic rings. The molecule has 3 heterocycles. The zero-order chi connectivity index (χ0) is 17.3. The number of anilines is 1. The van der Waals surface area contributed by atoms with Gasteiger partial charge in [-0.25, -0.2) is 19.7 Å². The highest BCUT2D eigenvalue weighted by Gasteiger charge is 2.20. The molecule has 0 bridgehead atoms. The number of thiophene rings is 1. The molecule has 126 valence electrons. The Morgan fingerprint density at radius 1 is 1.46 bits per heavy atom. The second kappa shape index (κ2) is 6.78. The van der Waals surface area contributed by atoms with Crippen molar-refractivity contribution in [3.05, 3.63) is 28.7 Å². The van der Waals surface area contributed by atoms with Gasteiger partial charge in [0.2, 0.25) is 0 Å². The first-order valence-electron chi connectivity index (χ1n) is 7.34. The SMILES string of the molecule is CCOC(=O)c1sc2nc(CSc3nccn3C)nc(N)c2c1C. The summed E-state index contributed by atoms with van der Waals surface area (Å²) in [6, 6.07) is 0. The van der Waals surface area contributed by atoms with E-state index in [-0.39, 0.29) is 5.97 Å². The van der Waals surface area contributed by atoms with Crippen LogP contribution in [0.3, 0.4) is 0 Å². The average molecular weight is 363 g/mol. The van der Waals surface area contributed by atoms with Gasteiger partial charge in [-0.05, 0) is 19.4 Å². The molecular formula is C15H17N5O2S2. The van der Waals surface area contributed by atoms with Crippen molar-refractivity contribution in [2.75, 3.05) is 12.3 Å². The highest BCUT2D eigenvalue weighted by atomic mass is 32.2. The third-order valence-corrected chi connectivity index (χ3v) is 5.65. The van der Waals surface area contributed by atoms with Crippen molar-refractivity contribution in [3.63, 3.8) is 0 Å². The second-order valence-electron chi connectivity index (χ2n) is 5.09. The molecule has 0 aliphatic rings. The minimum absolute atomic E-state index is 0.333. The molecule has 0 aliphatic heterocycles. The number of ether oxygens (including phenoxy) is 1. The Morgan fingerprint density at radius 3 is 2.92 bits per heavy atom. The van der Waals surface area contributed by atoms with E-state index < -0.39 is 0 Å². The predicted octanol–water partition coefficient (Wildman–Crippen LogP) is 2.78. The second-order valence-corrected chi connectivity index (χ2v) is 7.03. The van der Waals surface area contributed by atoms with Crippen LogP contribution in [-0.4, -0.2) is 32.1 Å². The number of esters is 1. The first kappa shape index (κ1) is 16.7. The van der Waals surface area contributed by atoms with Crippen LogP contribution in [0.4, 0.5) is 5.82 Å². The number of rotatable bonds is 5. The minimum Gasteiger partial charge on any atom is -0.462 e. The van der Waals surface area contributed by atoms with E-state index in [1.807, 2.05) is 24.7 Å². The number of hydrogen-bond acceptors (Lipinski definition) is 8. The zero-order valence-electron chi connectivity index (χ0n) is 13.6. The van der Waals surface area contributed by atoms with Crippen LogP contribution in [0.25, 0.3) is 10.2 Å². The fourth-order valence-corrected chi connectivity index (χ4v) is 4.18. The summed E-state index contributed by atoms with van der Waals surface area (Å²) >= 11 is 2.82. The number of carbonyl (C=O) groups excluding carboxylic acids is 1. The lowest BCUT2D eigenvalue weighted by Crippen LogP contribution is -2.04. The van der Waals surface area contributed by atoms with E-state index in [1.165, 1.54) is 23.1 Å². The summed E-state index contributed by atoms with van der Waals surface area (Å²) in [5.41, 5.74) is 6.87. The first-order chi connectivity index (χ1) is 11.5. The van der Waals surface area contributed by atoms with Gasteiger partial charge in [0.1, 0.15) is 21.3 Å². The summed E-state index contributed by atoms with van der Waals surface area (Å²) in [7, 11) is 1.93. The number of nitrogens with two attached hydrogens (primary N) is 1. The molecule has 0 aromatic carbocycles. The van der Waals surface area contributed by atoms with Gasteiger partial charge in [0.25, 0.3) is 0 Å². The molecule has 0 spiro atoms. The molecule has 0 saturated carbocycles. The van der Waals surface area contributed by atoms with Crippen LogP contribution in [0.5, 0.6) is 0 Å². The number of carbonyl (C=O) groups is 1. The normalized spacial score (nSPS) is 11.1. The molecule has 0 saturated heterocycles. The Hall–Kier alpha value is -2.13. The van der Waals surface area contributed by atoms with Crippen molar-refractivity contribution in [1.29, 1.82) is 0 Å². The highest BCUT2D eigenvalue weighted by Crippen LogP contribution is 2.33. The van der Waals surface area contributed by atoms with Gasteiger partial charge in [-0.15, -0.1) is 11.3 Å². The lowest BCUT2D eigenvalue weighted by atomic mass is 10.2. The van der Waals surface area contributed by atoms with Gasteiger partial charge in [-0.3, -0.25) is 0 Å². The molecule has 9 heteroatoms. The maximum absolute atomic E-state index is 12.0. The third-order valence-electron chi connectivity index (χ3n) is 3.43. The summed E-state index contributed by atoms with van der Waals surface area (Å²) in [6.45, 7) is 3.95. The van der Waals surface area contributed by atoms with Gasteiger partial charge in [-0.1, -0.05) is 11.8 Å². The number of nitrogens with zero attached hydrogens (tertiary/aromatic N) is 4. The summed E-state index contributed by atoms with van der Waals surface area (Å²) < 4.78 is 7.02. The monoisotopic (exact) mass is 363 g/mol. The van der Waals surface area contributed by atoms with Gasteiger partial charge in [0, 0.05) is 19.4 Å². The Balaban J connectivity index is 1.92. The minimum atomic E-state index is -0.346. The standard InChI is InChI=1S/C15H17N5O2S2/c1-4-22-14(21)11-8(2)10-12(16)18-9(19-13(10)24-11)7-23-15-17-5-6-20(15)3/h5-6H,4,7H2,1-3H3,(H2,16,18,19). The topological polar surface area (TPSA) is 95.9 Å². The molecular weight excluding hydrogens is 346 g/mol. The van der Waals surface area contributed by atoms with Crippen molar-refractivity contribution in [2.45, 2.75) is 24.8 Å². The lowest BCUT2D eigenvalue weighted by molar-refractivity contribution is 0.0531. The van der Waals surface area contributed by atoms with E-state index in [0.29, 0.717) is 33.7 Å². The van der Waals surface area contributed by atoms with E-state index in [2.05, 4.69) is 15.0 Å². The molecule has 3 rings (SSSR count). The van der Waals surface area contributed by atoms with Crippen molar-refractivity contribution in [2.24, 2.45) is 7.05 Å². The van der Waals surface area contributed by atoms with Crippen LogP contribution in [0.15, 0.2) is 17.6 Å². The first-order valence-corrected chi connectivity index (χ1v) is 9.14. The maximum Gasteiger partial charge on any atom is 0.348 e. The maximum atomic E-state index is 12.0. The van der Waals surface area contributed by atoms with E-state index in [0.717, 1.165) is 16.1 Å². The summed E-state index contributed by atoms with van der Waals surface area (Å²) in [5, 5.41) is 1.61. The Morgan fingerprint density at radius 2 is 2.25 bits per heavy atom. The van der Waals surface area contributed by atoms with Crippen LogP contribution < -0.4 is 5.73 Å². The van der Waals surface area contributed by atoms with E-state index >= 15 is 0 Å². The number of aryl methyl sites for hydroxylation is 2. The molecule has 0 unspecified atom stereocenters. The van der Waals surface area contributed by atoms with Gasteiger partial charge >= 0.3 is 5.97 Å². The summed E-state index contributed by atoms with van der Waals surface area (Å²) in [5.74, 6) is 1.21. The zero-order valence-corrected chi connectivity index (χ0v) is 15.2. The summed E-state index contributed by atoms with van der Waals surface area (Å²) in [4.78, 5) is 26.5. The van der Waals surface area contributed by atoms with Crippen molar-refractivity contribution < 1.29 is 9.53 Å². The number of hydrogen-bond donors (Lipinski definition) is 1. The van der Waals surface area contributed by atoms with E-state index in [9.17, 15) is 4.79 Å². The fraction of sp³-hybridized carbons (Fsp3) is 0.333. The van der Waals surface area contributed by atoms with Crippen LogP contribution in [0, 0.1) is 6.92 Å². The van der Waals surface area contributed by atoms with Crippen molar-refractivity contribution in [1.82, 2.24) is 19.5 Å². The average Bonchev–Trinajstić information content (AvgIpc) is 3.09. The van der Waals surface area contributed by atoms with Crippen molar-refractivity contribution in [3.8, 4) is 0 Å². The smallest absolute Gasteiger partial charge is 0.348 e. The lowest BCUT2D eigenvalue weighted by Gasteiger charge is -2.03. The van der Waals surface area contributed by atoms with Crippen LogP contribution in [0.1, 0.15) is 28.0 Å². The van der Waals surface area contributed by atoms with Crippen LogP contribution >= 0.6 is 23.1 Å². The van der Waals surface area contributed by atoms with Gasteiger partial charge < -0.3 is 15.0 Å². The number of thioether (sulfide) groups is 1. The molecule has 0 amide bonds. The fourth-order valence-electron chi connectivity index (χ4n) is 2.29. The molecule has 0 aliphatic carbocycles. The largest absolute Gasteiger partial charge is 0.462 e. The predicted molar refractivity (Wildman–Crippen MR) is 95.3 cm³/mol. The van der Waals surface area contributed by atoms with Gasteiger partial charge in [0.05, 0.1) is 17.7 Å². The highest BCUT2D eigenvalue weighted by molar-refractivity contribution is 7.98.